The Balaban J connectivity index is 1.32. The molecule has 1 aromatic heterocycles. The van der Waals surface area contributed by atoms with Crippen molar-refractivity contribution in [3.8, 4) is 28.3 Å². The summed E-state index contributed by atoms with van der Waals surface area (Å²) >= 11 is 0. The first kappa shape index (κ1) is 26.6. The number of allylic oxidation sites excluding steroid dienone is 2. The molecule has 1 aliphatic carbocycles. The second kappa shape index (κ2) is 10.9. The molecule has 0 saturated carbocycles. The van der Waals surface area contributed by atoms with Crippen LogP contribution in [0.15, 0.2) is 164 Å². The van der Waals surface area contributed by atoms with Crippen molar-refractivity contribution in [1.82, 2.24) is 10.3 Å². The molecule has 0 fully saturated rings. The van der Waals surface area contributed by atoms with E-state index in [-0.39, 0.29) is 6.04 Å². The van der Waals surface area contributed by atoms with Crippen LogP contribution in [0.25, 0.3) is 28.0 Å². The normalized spacial score (nSPS) is 15.7. The number of nitrogens with zero attached hydrogens (tertiary/aromatic N) is 2. The van der Waals surface area contributed by atoms with Crippen molar-refractivity contribution in [1.29, 1.82) is 5.26 Å². The van der Waals surface area contributed by atoms with Crippen LogP contribution in [-0.2, 0) is 5.41 Å². The van der Waals surface area contributed by atoms with Crippen LogP contribution in [0, 0.1) is 11.3 Å². The summed E-state index contributed by atoms with van der Waals surface area (Å²) in [5.74, 6) is 0. The maximum Gasteiger partial charge on any atom is 0.141 e. The summed E-state index contributed by atoms with van der Waals surface area (Å²) < 4.78 is 0. The zero-order valence-electron chi connectivity index (χ0n) is 24.6. The number of hydrogen-bond acceptors (Lipinski definition) is 3. The molecule has 2 heterocycles. The van der Waals surface area contributed by atoms with Crippen LogP contribution < -0.4 is 5.32 Å². The molecule has 1 unspecified atom stereocenters. The van der Waals surface area contributed by atoms with E-state index in [0.717, 1.165) is 11.3 Å². The molecule has 2 aliphatic rings. The van der Waals surface area contributed by atoms with Crippen molar-refractivity contribution < 1.29 is 0 Å². The minimum atomic E-state index is -0.452. The van der Waals surface area contributed by atoms with Crippen LogP contribution >= 0.6 is 0 Å². The SMILES string of the molecule is N#Cc1cc(C2=CC=CC(c3ccc4c(c3)-c3cc(-c5ccccc5)ccc3C4(c3ccccc3)c3ccccc3)N2)ccn1. The molecular formula is C42H29N3. The van der Waals surface area contributed by atoms with Gasteiger partial charge in [0.15, 0.2) is 0 Å². The van der Waals surface area contributed by atoms with Crippen LogP contribution in [0.5, 0.6) is 0 Å². The second-order valence-corrected chi connectivity index (χ2v) is 11.5. The van der Waals surface area contributed by atoms with Crippen molar-refractivity contribution >= 4 is 5.70 Å². The molecule has 5 aromatic carbocycles. The van der Waals surface area contributed by atoms with Gasteiger partial charge in [-0.05, 0) is 80.4 Å². The van der Waals surface area contributed by atoms with Gasteiger partial charge in [-0.25, -0.2) is 4.98 Å². The molecule has 45 heavy (non-hydrogen) atoms. The van der Waals surface area contributed by atoms with Crippen molar-refractivity contribution in [2.45, 2.75) is 11.5 Å². The van der Waals surface area contributed by atoms with Gasteiger partial charge >= 0.3 is 0 Å². The molecule has 3 heteroatoms. The lowest BCUT2D eigenvalue weighted by Crippen LogP contribution is -2.28. The highest BCUT2D eigenvalue weighted by molar-refractivity contribution is 5.89. The highest BCUT2D eigenvalue weighted by Crippen LogP contribution is 2.57. The minimum Gasteiger partial charge on any atom is -0.374 e. The fraction of sp³-hybridized carbons (Fsp3) is 0.0476. The molecular weight excluding hydrogens is 546 g/mol. The Morgan fingerprint density at radius 1 is 0.622 bits per heavy atom. The monoisotopic (exact) mass is 575 g/mol. The molecule has 1 N–H and O–H groups in total. The highest BCUT2D eigenvalue weighted by atomic mass is 14.9. The first-order valence-electron chi connectivity index (χ1n) is 15.2. The third-order valence-corrected chi connectivity index (χ3v) is 9.10. The summed E-state index contributed by atoms with van der Waals surface area (Å²) in [6.07, 6.45) is 8.02. The topological polar surface area (TPSA) is 48.7 Å². The lowest BCUT2D eigenvalue weighted by molar-refractivity contribution is 0.753. The van der Waals surface area contributed by atoms with Gasteiger partial charge in [0.05, 0.1) is 11.5 Å². The van der Waals surface area contributed by atoms with Gasteiger partial charge in [0.2, 0.25) is 0 Å². The standard InChI is InChI=1S/C42H29N3/c43-28-35-25-32(23-24-44-35)41-18-10-17-40(45-41)31-20-22-39-37(27-31)36-26-30(29-11-4-1-5-12-29)19-21-38(36)42(39,33-13-6-2-7-14-33)34-15-8-3-9-16-34/h1-27,40,45H. The number of dihydropyridines is 1. The van der Waals surface area contributed by atoms with Gasteiger partial charge in [-0.2, -0.15) is 5.26 Å². The van der Waals surface area contributed by atoms with E-state index in [4.69, 9.17) is 0 Å². The van der Waals surface area contributed by atoms with Crippen molar-refractivity contribution in [3.63, 3.8) is 0 Å². The number of rotatable bonds is 5. The van der Waals surface area contributed by atoms with Crippen LogP contribution in [0.3, 0.4) is 0 Å². The smallest absolute Gasteiger partial charge is 0.141 e. The number of fused-ring (bicyclic) bond motifs is 3. The molecule has 8 rings (SSSR count). The molecule has 0 radical (unpaired) electrons. The summed E-state index contributed by atoms with van der Waals surface area (Å²) in [5.41, 5.74) is 13.0. The number of benzene rings is 5. The molecule has 1 aliphatic heterocycles. The maximum atomic E-state index is 9.39. The lowest BCUT2D eigenvalue weighted by atomic mass is 9.67. The first-order valence-corrected chi connectivity index (χ1v) is 15.2. The predicted molar refractivity (Wildman–Crippen MR) is 181 cm³/mol. The Morgan fingerprint density at radius 3 is 1.96 bits per heavy atom. The van der Waals surface area contributed by atoms with Gasteiger partial charge in [-0.1, -0.05) is 127 Å². The molecule has 6 aromatic rings. The largest absolute Gasteiger partial charge is 0.374 e. The first-order chi connectivity index (χ1) is 22.3. The summed E-state index contributed by atoms with van der Waals surface area (Å²) in [4.78, 5) is 4.15. The van der Waals surface area contributed by atoms with Crippen molar-refractivity contribution in [2.24, 2.45) is 0 Å². The zero-order chi connectivity index (χ0) is 30.2. The summed E-state index contributed by atoms with van der Waals surface area (Å²) in [7, 11) is 0. The average Bonchev–Trinajstić information content (AvgIpc) is 3.42. The number of nitriles is 1. The average molecular weight is 576 g/mol. The molecule has 1 atom stereocenters. The summed E-state index contributed by atoms with van der Waals surface area (Å²) in [5, 5.41) is 13.1. The Labute approximate surface area is 263 Å². The molecule has 3 nitrogen and oxygen atoms in total. The van der Waals surface area contributed by atoms with E-state index in [1.807, 2.05) is 12.1 Å². The van der Waals surface area contributed by atoms with E-state index in [1.165, 1.54) is 50.1 Å². The van der Waals surface area contributed by atoms with Gasteiger partial charge in [0.1, 0.15) is 11.8 Å². The third kappa shape index (κ3) is 4.39. The van der Waals surface area contributed by atoms with E-state index in [0.29, 0.717) is 5.69 Å². The predicted octanol–water partition coefficient (Wildman–Crippen LogP) is 9.22. The van der Waals surface area contributed by atoms with Crippen LogP contribution in [0.1, 0.15) is 45.1 Å². The van der Waals surface area contributed by atoms with Crippen LogP contribution in [-0.4, -0.2) is 4.98 Å². The van der Waals surface area contributed by atoms with Gasteiger partial charge in [-0.3, -0.25) is 0 Å². The van der Waals surface area contributed by atoms with Crippen LogP contribution in [0.2, 0.25) is 0 Å². The van der Waals surface area contributed by atoms with Crippen LogP contribution in [0.4, 0.5) is 0 Å². The van der Waals surface area contributed by atoms with E-state index in [2.05, 4.69) is 162 Å². The number of aromatic nitrogens is 1. The Bertz CT molecular complexity index is 2100. The second-order valence-electron chi connectivity index (χ2n) is 11.5. The van der Waals surface area contributed by atoms with Crippen molar-refractivity contribution in [3.05, 3.63) is 203 Å². The number of hydrogen-bond donors (Lipinski definition) is 1. The van der Waals surface area contributed by atoms with E-state index < -0.39 is 5.41 Å². The molecule has 0 bridgehead atoms. The van der Waals surface area contributed by atoms with Gasteiger partial charge in [-0.15, -0.1) is 0 Å². The lowest BCUT2D eigenvalue weighted by Gasteiger charge is -2.34. The zero-order valence-corrected chi connectivity index (χ0v) is 24.6. The van der Waals surface area contributed by atoms with E-state index in [1.54, 1.807) is 6.20 Å². The molecule has 0 amide bonds. The number of pyridine rings is 1. The Kier molecular flexibility index (Phi) is 6.47. The minimum absolute atomic E-state index is 0.0294. The maximum absolute atomic E-state index is 9.39. The molecule has 0 spiro atoms. The fourth-order valence-corrected chi connectivity index (χ4v) is 7.08. The summed E-state index contributed by atoms with van der Waals surface area (Å²) in [6.45, 7) is 0. The number of nitrogens with one attached hydrogen (secondary N) is 1. The Hall–Kier alpha value is -5.98. The van der Waals surface area contributed by atoms with Gasteiger partial charge < -0.3 is 5.32 Å². The molecule has 0 saturated heterocycles. The van der Waals surface area contributed by atoms with Gasteiger partial charge in [0, 0.05) is 17.5 Å². The molecule has 212 valence electrons. The fourth-order valence-electron chi connectivity index (χ4n) is 7.08. The van der Waals surface area contributed by atoms with Gasteiger partial charge in [0.25, 0.3) is 0 Å². The van der Waals surface area contributed by atoms with Crippen molar-refractivity contribution in [2.75, 3.05) is 0 Å². The summed E-state index contributed by atoms with van der Waals surface area (Å²) in [6, 6.07) is 52.3. The third-order valence-electron chi connectivity index (χ3n) is 9.10. The highest BCUT2D eigenvalue weighted by Gasteiger charge is 2.46. The quantitative estimate of drug-likeness (QED) is 0.223. The van der Waals surface area contributed by atoms with E-state index in [9.17, 15) is 5.26 Å². The Morgan fingerprint density at radius 2 is 1.27 bits per heavy atom. The van der Waals surface area contributed by atoms with E-state index >= 15 is 0 Å².